The SMILES string of the molecule is Cc1ccc(NC(=O)N/C=C/c2cccc(Br)c2)c(N)c1. The number of urea groups is 1. The largest absolute Gasteiger partial charge is 0.397 e. The number of nitrogen functional groups attached to an aromatic ring is 1. The molecule has 2 aromatic rings. The van der Waals surface area contributed by atoms with Gasteiger partial charge in [0.25, 0.3) is 0 Å². The number of halogens is 1. The summed E-state index contributed by atoms with van der Waals surface area (Å²) in [7, 11) is 0. The summed E-state index contributed by atoms with van der Waals surface area (Å²) in [5, 5.41) is 5.34. The standard InChI is InChI=1S/C16H16BrN3O/c1-11-5-6-15(14(18)9-11)20-16(21)19-8-7-12-3-2-4-13(17)10-12/h2-10H,18H2,1H3,(H2,19,20,21)/b8-7+. The summed E-state index contributed by atoms with van der Waals surface area (Å²) in [6.45, 7) is 1.95. The van der Waals surface area contributed by atoms with E-state index in [1.807, 2.05) is 49.4 Å². The van der Waals surface area contributed by atoms with Crippen molar-refractivity contribution in [1.29, 1.82) is 0 Å². The van der Waals surface area contributed by atoms with Gasteiger partial charge in [0, 0.05) is 10.7 Å². The summed E-state index contributed by atoms with van der Waals surface area (Å²) in [5.41, 5.74) is 9.01. The number of anilines is 2. The first-order valence-electron chi connectivity index (χ1n) is 6.40. The monoisotopic (exact) mass is 345 g/mol. The zero-order valence-electron chi connectivity index (χ0n) is 11.6. The molecule has 0 aromatic heterocycles. The molecule has 2 rings (SSSR count). The van der Waals surface area contributed by atoms with Gasteiger partial charge in [-0.1, -0.05) is 34.1 Å². The number of hydrogen-bond acceptors (Lipinski definition) is 2. The molecule has 0 aliphatic carbocycles. The molecule has 0 heterocycles. The molecule has 0 fully saturated rings. The van der Waals surface area contributed by atoms with Crippen LogP contribution in [0.5, 0.6) is 0 Å². The normalized spacial score (nSPS) is 10.6. The Morgan fingerprint density at radius 2 is 2.05 bits per heavy atom. The van der Waals surface area contributed by atoms with Crippen LogP contribution in [0.15, 0.2) is 53.1 Å². The lowest BCUT2D eigenvalue weighted by atomic mass is 10.2. The fourth-order valence-corrected chi connectivity index (χ4v) is 2.20. The summed E-state index contributed by atoms with van der Waals surface area (Å²) >= 11 is 3.39. The Kier molecular flexibility index (Phi) is 5.00. The van der Waals surface area contributed by atoms with Gasteiger partial charge in [-0.25, -0.2) is 4.79 Å². The lowest BCUT2D eigenvalue weighted by Crippen LogP contribution is -2.24. The van der Waals surface area contributed by atoms with Gasteiger partial charge in [0.2, 0.25) is 0 Å². The highest BCUT2D eigenvalue weighted by molar-refractivity contribution is 9.10. The quantitative estimate of drug-likeness (QED) is 0.732. The van der Waals surface area contributed by atoms with Gasteiger partial charge >= 0.3 is 6.03 Å². The molecule has 2 amide bonds. The number of carbonyl (C=O) groups is 1. The van der Waals surface area contributed by atoms with Crippen LogP contribution < -0.4 is 16.4 Å². The van der Waals surface area contributed by atoms with Gasteiger partial charge in [0.15, 0.2) is 0 Å². The molecule has 0 aliphatic heterocycles. The van der Waals surface area contributed by atoms with E-state index in [2.05, 4.69) is 26.6 Å². The van der Waals surface area contributed by atoms with Gasteiger partial charge in [-0.3, -0.25) is 0 Å². The minimum absolute atomic E-state index is 0.336. The van der Waals surface area contributed by atoms with Gasteiger partial charge in [0.05, 0.1) is 11.4 Å². The average Bonchev–Trinajstić information content (AvgIpc) is 2.42. The third-order valence-electron chi connectivity index (χ3n) is 2.79. The van der Waals surface area contributed by atoms with Crippen LogP contribution in [0, 0.1) is 6.92 Å². The number of nitrogens with two attached hydrogens (primary N) is 1. The number of amides is 2. The van der Waals surface area contributed by atoms with Gasteiger partial charge in [-0.2, -0.15) is 0 Å². The highest BCUT2D eigenvalue weighted by atomic mass is 79.9. The zero-order valence-corrected chi connectivity index (χ0v) is 13.1. The summed E-state index contributed by atoms with van der Waals surface area (Å²) in [6.07, 6.45) is 3.39. The fourth-order valence-electron chi connectivity index (χ4n) is 1.78. The number of rotatable bonds is 3. The van der Waals surface area contributed by atoms with Crippen LogP contribution in [0.1, 0.15) is 11.1 Å². The van der Waals surface area contributed by atoms with E-state index in [4.69, 9.17) is 5.73 Å². The lowest BCUT2D eigenvalue weighted by molar-refractivity contribution is 0.255. The second-order valence-corrected chi connectivity index (χ2v) is 5.49. The highest BCUT2D eigenvalue weighted by Crippen LogP contribution is 2.19. The lowest BCUT2D eigenvalue weighted by Gasteiger charge is -2.08. The van der Waals surface area contributed by atoms with Crippen LogP contribution in [-0.2, 0) is 0 Å². The molecule has 4 nitrogen and oxygen atoms in total. The number of nitrogens with one attached hydrogen (secondary N) is 2. The van der Waals surface area contributed by atoms with Crippen molar-refractivity contribution in [1.82, 2.24) is 5.32 Å². The van der Waals surface area contributed by atoms with Crippen LogP contribution >= 0.6 is 15.9 Å². The van der Waals surface area contributed by atoms with Crippen molar-refractivity contribution in [2.24, 2.45) is 0 Å². The second-order valence-electron chi connectivity index (χ2n) is 4.58. The summed E-state index contributed by atoms with van der Waals surface area (Å²) in [5.74, 6) is 0. The maximum atomic E-state index is 11.8. The minimum atomic E-state index is -0.336. The van der Waals surface area contributed by atoms with Crippen LogP contribution in [-0.4, -0.2) is 6.03 Å². The molecule has 0 unspecified atom stereocenters. The van der Waals surface area contributed by atoms with E-state index in [1.165, 1.54) is 0 Å². The van der Waals surface area contributed by atoms with Crippen molar-refractivity contribution >= 4 is 39.4 Å². The zero-order chi connectivity index (χ0) is 15.2. The van der Waals surface area contributed by atoms with Gasteiger partial charge in [-0.05, 0) is 48.4 Å². The molecule has 0 saturated heterocycles. The van der Waals surface area contributed by atoms with E-state index < -0.39 is 0 Å². The Balaban J connectivity index is 1.93. The molecule has 2 aromatic carbocycles. The van der Waals surface area contributed by atoms with Gasteiger partial charge in [0.1, 0.15) is 0 Å². The second kappa shape index (κ2) is 6.95. The van der Waals surface area contributed by atoms with E-state index in [9.17, 15) is 4.79 Å². The Bertz CT molecular complexity index is 683. The molecule has 0 spiro atoms. The van der Waals surface area contributed by atoms with E-state index in [0.717, 1.165) is 15.6 Å². The number of carbonyl (C=O) groups excluding carboxylic acids is 1. The Hall–Kier alpha value is -2.27. The third-order valence-corrected chi connectivity index (χ3v) is 3.29. The Morgan fingerprint density at radius 1 is 1.24 bits per heavy atom. The third kappa shape index (κ3) is 4.65. The van der Waals surface area contributed by atoms with E-state index in [-0.39, 0.29) is 6.03 Å². The molecule has 0 radical (unpaired) electrons. The van der Waals surface area contributed by atoms with Crippen molar-refractivity contribution < 1.29 is 4.79 Å². The first-order chi connectivity index (χ1) is 10.0. The molecule has 21 heavy (non-hydrogen) atoms. The van der Waals surface area contributed by atoms with E-state index in [1.54, 1.807) is 12.3 Å². The fraction of sp³-hybridized carbons (Fsp3) is 0.0625. The molecule has 0 bridgehead atoms. The van der Waals surface area contributed by atoms with Crippen LogP contribution in [0.4, 0.5) is 16.2 Å². The van der Waals surface area contributed by atoms with Crippen molar-refractivity contribution in [2.75, 3.05) is 11.1 Å². The summed E-state index contributed by atoms with van der Waals surface area (Å²) in [4.78, 5) is 11.8. The van der Waals surface area contributed by atoms with Crippen LogP contribution in [0.2, 0.25) is 0 Å². The predicted octanol–water partition coefficient (Wildman–Crippen LogP) is 4.13. The number of benzene rings is 2. The van der Waals surface area contributed by atoms with Crippen molar-refractivity contribution in [2.45, 2.75) is 6.92 Å². The molecule has 5 heteroatoms. The van der Waals surface area contributed by atoms with E-state index in [0.29, 0.717) is 11.4 Å². The highest BCUT2D eigenvalue weighted by Gasteiger charge is 2.03. The average molecular weight is 346 g/mol. The number of hydrogen-bond donors (Lipinski definition) is 3. The first kappa shape index (κ1) is 15.1. The van der Waals surface area contributed by atoms with Crippen molar-refractivity contribution in [3.63, 3.8) is 0 Å². The van der Waals surface area contributed by atoms with Crippen LogP contribution in [0.25, 0.3) is 6.08 Å². The summed E-state index contributed by atoms with van der Waals surface area (Å²) < 4.78 is 0.988. The molecular formula is C16H16BrN3O. The molecule has 0 atom stereocenters. The molecule has 4 N–H and O–H groups in total. The Labute approximate surface area is 132 Å². The topological polar surface area (TPSA) is 67.2 Å². The maximum Gasteiger partial charge on any atom is 0.323 e. The van der Waals surface area contributed by atoms with Gasteiger partial charge < -0.3 is 16.4 Å². The maximum absolute atomic E-state index is 11.8. The smallest absolute Gasteiger partial charge is 0.323 e. The molecule has 0 saturated carbocycles. The van der Waals surface area contributed by atoms with Crippen molar-refractivity contribution in [3.8, 4) is 0 Å². The summed E-state index contributed by atoms with van der Waals surface area (Å²) in [6, 6.07) is 12.9. The van der Waals surface area contributed by atoms with Crippen molar-refractivity contribution in [3.05, 3.63) is 64.3 Å². The molecule has 0 aliphatic rings. The molecular weight excluding hydrogens is 330 g/mol. The minimum Gasteiger partial charge on any atom is -0.397 e. The van der Waals surface area contributed by atoms with Gasteiger partial charge in [-0.15, -0.1) is 0 Å². The van der Waals surface area contributed by atoms with Crippen LogP contribution in [0.3, 0.4) is 0 Å². The predicted molar refractivity (Wildman–Crippen MR) is 90.9 cm³/mol. The first-order valence-corrected chi connectivity index (χ1v) is 7.19. The number of aryl methyl sites for hydroxylation is 1. The Morgan fingerprint density at radius 3 is 2.76 bits per heavy atom. The molecule has 108 valence electrons. The van der Waals surface area contributed by atoms with E-state index >= 15 is 0 Å².